The van der Waals surface area contributed by atoms with Gasteiger partial charge >= 0.3 is 0 Å². The van der Waals surface area contributed by atoms with E-state index in [0.717, 1.165) is 27.9 Å². The summed E-state index contributed by atoms with van der Waals surface area (Å²) in [5.74, 6) is -0.692. The minimum atomic E-state index is -0.617. The third kappa shape index (κ3) is 4.38. The van der Waals surface area contributed by atoms with Gasteiger partial charge in [0.25, 0.3) is 11.5 Å². The molecule has 8 nitrogen and oxygen atoms in total. The number of nitrogens with zero attached hydrogens (tertiary/aromatic N) is 5. The van der Waals surface area contributed by atoms with Crippen LogP contribution in [0.2, 0.25) is 0 Å². The normalized spacial score (nSPS) is 11.7. The zero-order chi connectivity index (χ0) is 24.5. The number of amides is 1. The minimum Gasteiger partial charge on any atom is -0.493 e. The molecule has 3 heterocycles. The number of rotatable bonds is 6. The molecular formula is C26H23N5O3S. The zero-order valence-electron chi connectivity index (χ0n) is 19.3. The predicted molar refractivity (Wildman–Crippen MR) is 137 cm³/mol. The van der Waals surface area contributed by atoms with Gasteiger partial charge in [-0.15, -0.1) is 21.6 Å². The van der Waals surface area contributed by atoms with Gasteiger partial charge in [-0.25, -0.2) is 4.98 Å². The summed E-state index contributed by atoms with van der Waals surface area (Å²) < 4.78 is 2.97. The van der Waals surface area contributed by atoms with Gasteiger partial charge in [0.1, 0.15) is 11.4 Å². The number of hydrogen-bond donors (Lipinski definition) is 1. The lowest BCUT2D eigenvalue weighted by Gasteiger charge is -2.07. The maximum atomic E-state index is 12.8. The predicted octanol–water partition coefficient (Wildman–Crippen LogP) is 5.35. The summed E-state index contributed by atoms with van der Waals surface area (Å²) >= 11 is 1.47. The number of carbonyl (C=O) groups excluding carboxylic acids is 1. The first-order valence-electron chi connectivity index (χ1n) is 11.2. The molecule has 1 N–H and O–H groups in total. The highest BCUT2D eigenvalue weighted by Crippen LogP contribution is 2.39. The Hall–Kier alpha value is -4.11. The highest BCUT2D eigenvalue weighted by Gasteiger charge is 2.17. The number of fused-ring (bicyclic) bond motifs is 2. The summed E-state index contributed by atoms with van der Waals surface area (Å²) in [7, 11) is 0. The van der Waals surface area contributed by atoms with Crippen LogP contribution >= 0.6 is 11.3 Å². The number of aromatic hydroxyl groups is 1. The van der Waals surface area contributed by atoms with E-state index in [0.29, 0.717) is 22.1 Å². The van der Waals surface area contributed by atoms with Crippen LogP contribution < -0.4 is 5.56 Å². The van der Waals surface area contributed by atoms with Crippen LogP contribution in [0.15, 0.2) is 75.9 Å². The maximum Gasteiger partial charge on any atom is 0.284 e. The summed E-state index contributed by atoms with van der Waals surface area (Å²) in [5.41, 5.74) is 2.89. The van der Waals surface area contributed by atoms with E-state index in [9.17, 15) is 14.7 Å². The van der Waals surface area contributed by atoms with E-state index in [1.807, 2.05) is 68.4 Å². The second kappa shape index (κ2) is 9.27. The van der Waals surface area contributed by atoms with Gasteiger partial charge in [0.15, 0.2) is 5.69 Å². The number of azo groups is 1. The van der Waals surface area contributed by atoms with Gasteiger partial charge in [-0.1, -0.05) is 55.0 Å². The first kappa shape index (κ1) is 22.7. The Bertz CT molecular complexity index is 1640. The van der Waals surface area contributed by atoms with Crippen LogP contribution in [0, 0.1) is 6.92 Å². The average molecular weight is 486 g/mol. The van der Waals surface area contributed by atoms with Crippen molar-refractivity contribution in [3.8, 4) is 5.88 Å². The smallest absolute Gasteiger partial charge is 0.284 e. The Balaban J connectivity index is 1.43. The Morgan fingerprint density at radius 2 is 1.89 bits per heavy atom. The minimum absolute atomic E-state index is 0.0750. The fourth-order valence-corrected chi connectivity index (χ4v) is 4.91. The molecule has 0 saturated carbocycles. The lowest BCUT2D eigenvalue weighted by molar-refractivity contribution is -0.118. The lowest BCUT2D eigenvalue weighted by Crippen LogP contribution is -2.23. The molecule has 176 valence electrons. The zero-order valence-corrected chi connectivity index (χ0v) is 20.1. The molecule has 0 aliphatic carbocycles. The Morgan fingerprint density at radius 1 is 1.11 bits per heavy atom. The number of thiophene rings is 1. The molecule has 0 radical (unpaired) electrons. The summed E-state index contributed by atoms with van der Waals surface area (Å²) in [4.78, 5) is 31.4. The number of carbonyl (C=O) groups is 1. The van der Waals surface area contributed by atoms with Crippen LogP contribution in [-0.4, -0.2) is 25.1 Å². The van der Waals surface area contributed by atoms with Crippen molar-refractivity contribution in [3.63, 3.8) is 0 Å². The highest BCUT2D eigenvalue weighted by atomic mass is 32.1. The second-order valence-corrected chi connectivity index (χ2v) is 9.43. The molecule has 0 saturated heterocycles. The Kier molecular flexibility index (Phi) is 6.00. The molecule has 3 aromatic heterocycles. The van der Waals surface area contributed by atoms with Gasteiger partial charge in [0.2, 0.25) is 5.88 Å². The van der Waals surface area contributed by atoms with E-state index in [2.05, 4.69) is 15.2 Å². The van der Waals surface area contributed by atoms with Crippen LogP contribution in [0.5, 0.6) is 5.88 Å². The molecule has 0 fully saturated rings. The number of hydrogen-bond acceptors (Lipinski definition) is 6. The van der Waals surface area contributed by atoms with Gasteiger partial charge in [0, 0.05) is 10.3 Å². The number of benzene rings is 2. The molecule has 9 heteroatoms. The van der Waals surface area contributed by atoms with Crippen LogP contribution in [0.1, 0.15) is 22.9 Å². The lowest BCUT2D eigenvalue weighted by atomic mass is 10.1. The molecule has 0 atom stereocenters. The molecule has 0 bridgehead atoms. The van der Waals surface area contributed by atoms with Crippen molar-refractivity contribution in [2.45, 2.75) is 33.4 Å². The van der Waals surface area contributed by atoms with Gasteiger partial charge in [0.05, 0.1) is 23.8 Å². The quantitative estimate of drug-likeness (QED) is 0.328. The fraction of sp³-hybridized carbons (Fsp3) is 0.192. The monoisotopic (exact) mass is 485 g/mol. The first-order chi connectivity index (χ1) is 16.9. The summed E-state index contributed by atoms with van der Waals surface area (Å²) in [6, 6.07) is 17.3. The van der Waals surface area contributed by atoms with E-state index in [1.165, 1.54) is 22.2 Å². The van der Waals surface area contributed by atoms with E-state index in [4.69, 9.17) is 0 Å². The van der Waals surface area contributed by atoms with Crippen molar-refractivity contribution in [1.29, 1.82) is 0 Å². The van der Waals surface area contributed by atoms with E-state index >= 15 is 0 Å². The second-order valence-electron chi connectivity index (χ2n) is 8.32. The molecule has 5 rings (SSSR count). The molecule has 5 aromatic rings. The summed E-state index contributed by atoms with van der Waals surface area (Å²) in [5, 5.41) is 20.0. The van der Waals surface area contributed by atoms with Crippen molar-refractivity contribution >= 4 is 44.1 Å². The van der Waals surface area contributed by atoms with E-state index in [1.54, 1.807) is 4.57 Å². The van der Waals surface area contributed by atoms with Crippen LogP contribution in [0.3, 0.4) is 0 Å². The van der Waals surface area contributed by atoms with Crippen molar-refractivity contribution in [3.05, 3.63) is 87.3 Å². The van der Waals surface area contributed by atoms with Crippen molar-refractivity contribution in [2.75, 3.05) is 0 Å². The van der Waals surface area contributed by atoms with Gasteiger partial charge in [-0.05, 0) is 31.0 Å². The third-order valence-electron chi connectivity index (χ3n) is 5.86. The third-order valence-corrected chi connectivity index (χ3v) is 7.05. The molecular weight excluding hydrogens is 462 g/mol. The maximum absolute atomic E-state index is 12.8. The number of aromatic nitrogens is 3. The molecule has 0 spiro atoms. The first-order valence-corrected chi connectivity index (χ1v) is 12.0. The molecule has 0 unspecified atom stereocenters. The standard InChI is InChI=1S/C26H23N5O3S/c1-3-18-12-20-24(35-18)27-15-30(25(20)33)14-22(32)28-29-23-19-6-4-5-7-21(19)31(26(23)34)13-17-10-8-16(2)9-11-17/h4-12,15,34H,3,13-14H2,1-2H3. The van der Waals surface area contributed by atoms with E-state index in [-0.39, 0.29) is 23.7 Å². The van der Waals surface area contributed by atoms with Gasteiger partial charge < -0.3 is 9.67 Å². The van der Waals surface area contributed by atoms with Crippen molar-refractivity contribution in [2.24, 2.45) is 10.2 Å². The largest absolute Gasteiger partial charge is 0.493 e. The topological polar surface area (TPSA) is 102 Å². The van der Waals surface area contributed by atoms with E-state index < -0.39 is 5.91 Å². The number of para-hydroxylation sites is 1. The van der Waals surface area contributed by atoms with Crippen LogP contribution in [0.4, 0.5) is 5.69 Å². The molecule has 2 aromatic carbocycles. The summed E-state index contributed by atoms with van der Waals surface area (Å²) in [6.07, 6.45) is 2.17. The van der Waals surface area contributed by atoms with Crippen LogP contribution in [-0.2, 0) is 24.3 Å². The van der Waals surface area contributed by atoms with Gasteiger partial charge in [-0.3, -0.25) is 14.2 Å². The Morgan fingerprint density at radius 3 is 2.66 bits per heavy atom. The van der Waals surface area contributed by atoms with Crippen LogP contribution in [0.25, 0.3) is 21.1 Å². The summed E-state index contributed by atoms with van der Waals surface area (Å²) in [6.45, 7) is 4.19. The van der Waals surface area contributed by atoms with Crippen molar-refractivity contribution in [1.82, 2.24) is 14.1 Å². The molecule has 35 heavy (non-hydrogen) atoms. The average Bonchev–Trinajstić information content (AvgIpc) is 3.40. The molecule has 0 aliphatic rings. The highest BCUT2D eigenvalue weighted by molar-refractivity contribution is 7.18. The fourth-order valence-electron chi connectivity index (χ4n) is 3.99. The SMILES string of the molecule is CCc1cc2c(=O)n(CC(=O)N=Nc3c(O)n(Cc4ccc(C)cc4)c4ccccc34)cnc2s1. The molecule has 1 amide bonds. The van der Waals surface area contributed by atoms with Gasteiger partial charge in [-0.2, -0.15) is 0 Å². The number of aryl methyl sites for hydroxylation is 2. The Labute approximate surface area is 204 Å². The van der Waals surface area contributed by atoms with Crippen molar-refractivity contribution < 1.29 is 9.90 Å². The molecule has 0 aliphatic heterocycles.